The SMILES string of the molecule is CCSCCC(C)Nc1nccn2nc(C)cc12. The number of fused-ring (bicyclic) bond motifs is 1. The van der Waals surface area contributed by atoms with Gasteiger partial charge in [0.1, 0.15) is 5.52 Å². The Bertz CT molecular complexity index is 509. The first-order valence-corrected chi connectivity index (χ1v) is 7.51. The van der Waals surface area contributed by atoms with Gasteiger partial charge >= 0.3 is 0 Å². The van der Waals surface area contributed by atoms with Crippen LogP contribution in [0.1, 0.15) is 26.0 Å². The third-order valence-electron chi connectivity index (χ3n) is 2.79. The summed E-state index contributed by atoms with van der Waals surface area (Å²) in [5, 5.41) is 7.86. The van der Waals surface area contributed by atoms with Crippen LogP contribution < -0.4 is 5.32 Å². The van der Waals surface area contributed by atoms with Gasteiger partial charge in [-0.2, -0.15) is 16.9 Å². The molecule has 98 valence electrons. The fraction of sp³-hybridized carbons (Fsp3) is 0.538. The van der Waals surface area contributed by atoms with Gasteiger partial charge in [-0.1, -0.05) is 6.92 Å². The first kappa shape index (κ1) is 13.2. The van der Waals surface area contributed by atoms with Crippen LogP contribution >= 0.6 is 11.8 Å². The lowest BCUT2D eigenvalue weighted by atomic mass is 10.2. The van der Waals surface area contributed by atoms with E-state index in [-0.39, 0.29) is 0 Å². The third-order valence-corrected chi connectivity index (χ3v) is 3.73. The van der Waals surface area contributed by atoms with Crippen LogP contribution in [-0.4, -0.2) is 32.1 Å². The second-order valence-electron chi connectivity index (χ2n) is 4.42. The highest BCUT2D eigenvalue weighted by Gasteiger charge is 2.08. The molecule has 1 N–H and O–H groups in total. The predicted molar refractivity (Wildman–Crippen MR) is 78.4 cm³/mol. The molecule has 2 aromatic rings. The molecule has 0 fully saturated rings. The molecule has 2 heterocycles. The van der Waals surface area contributed by atoms with Crippen molar-refractivity contribution in [1.29, 1.82) is 0 Å². The molecule has 0 spiro atoms. The lowest BCUT2D eigenvalue weighted by Crippen LogP contribution is -2.17. The van der Waals surface area contributed by atoms with Gasteiger partial charge in [-0.3, -0.25) is 0 Å². The summed E-state index contributed by atoms with van der Waals surface area (Å²) in [6, 6.07) is 2.49. The van der Waals surface area contributed by atoms with Gasteiger partial charge in [-0.25, -0.2) is 9.50 Å². The largest absolute Gasteiger partial charge is 0.366 e. The molecule has 0 amide bonds. The molecule has 0 aliphatic heterocycles. The molecule has 0 aliphatic rings. The molecular weight excluding hydrogens is 244 g/mol. The van der Waals surface area contributed by atoms with E-state index in [0.29, 0.717) is 6.04 Å². The molecule has 2 rings (SSSR count). The molecule has 5 heteroatoms. The average Bonchev–Trinajstić information content (AvgIpc) is 2.71. The summed E-state index contributed by atoms with van der Waals surface area (Å²) in [5.41, 5.74) is 2.06. The molecule has 4 nitrogen and oxygen atoms in total. The van der Waals surface area contributed by atoms with Gasteiger partial charge in [0, 0.05) is 18.4 Å². The summed E-state index contributed by atoms with van der Waals surface area (Å²) >= 11 is 1.98. The van der Waals surface area contributed by atoms with Gasteiger partial charge in [0.25, 0.3) is 0 Å². The monoisotopic (exact) mass is 264 g/mol. The highest BCUT2D eigenvalue weighted by Crippen LogP contribution is 2.16. The van der Waals surface area contributed by atoms with E-state index in [1.165, 1.54) is 11.5 Å². The minimum Gasteiger partial charge on any atom is -0.366 e. The lowest BCUT2D eigenvalue weighted by molar-refractivity contribution is 0.765. The molecule has 1 unspecified atom stereocenters. The summed E-state index contributed by atoms with van der Waals surface area (Å²) in [6.45, 7) is 6.39. The van der Waals surface area contributed by atoms with Crippen LogP contribution in [0.25, 0.3) is 5.52 Å². The van der Waals surface area contributed by atoms with Crippen LogP contribution in [0.2, 0.25) is 0 Å². The van der Waals surface area contributed by atoms with E-state index in [1.807, 2.05) is 29.4 Å². The highest BCUT2D eigenvalue weighted by molar-refractivity contribution is 7.99. The predicted octanol–water partition coefficient (Wildman–Crippen LogP) is 2.98. The maximum Gasteiger partial charge on any atom is 0.152 e. The quantitative estimate of drug-likeness (QED) is 0.815. The van der Waals surface area contributed by atoms with Gasteiger partial charge in [-0.05, 0) is 37.8 Å². The lowest BCUT2D eigenvalue weighted by Gasteiger charge is -2.14. The van der Waals surface area contributed by atoms with Gasteiger partial charge in [0.2, 0.25) is 0 Å². The van der Waals surface area contributed by atoms with Gasteiger partial charge in [-0.15, -0.1) is 0 Å². The second-order valence-corrected chi connectivity index (χ2v) is 5.82. The number of rotatable bonds is 6. The van der Waals surface area contributed by atoms with Crippen LogP contribution in [0, 0.1) is 6.92 Å². The van der Waals surface area contributed by atoms with Crippen molar-refractivity contribution >= 4 is 23.1 Å². The van der Waals surface area contributed by atoms with E-state index in [9.17, 15) is 0 Å². The Kier molecular flexibility index (Phi) is 4.47. The van der Waals surface area contributed by atoms with Crippen molar-refractivity contribution in [2.45, 2.75) is 33.2 Å². The number of nitrogens with zero attached hydrogens (tertiary/aromatic N) is 3. The summed E-state index contributed by atoms with van der Waals surface area (Å²) in [6.07, 6.45) is 4.81. The normalized spacial score (nSPS) is 12.8. The van der Waals surface area contributed by atoms with E-state index in [2.05, 4.69) is 35.3 Å². The van der Waals surface area contributed by atoms with Crippen LogP contribution in [0.5, 0.6) is 0 Å². The van der Waals surface area contributed by atoms with E-state index < -0.39 is 0 Å². The van der Waals surface area contributed by atoms with Crippen molar-refractivity contribution in [3.63, 3.8) is 0 Å². The van der Waals surface area contributed by atoms with Crippen LogP contribution in [0.4, 0.5) is 5.82 Å². The smallest absolute Gasteiger partial charge is 0.152 e. The number of aryl methyl sites for hydroxylation is 1. The first-order valence-electron chi connectivity index (χ1n) is 6.36. The molecule has 2 aromatic heterocycles. The molecule has 0 bridgehead atoms. The van der Waals surface area contributed by atoms with Gasteiger partial charge in [0.05, 0.1) is 5.69 Å². The summed E-state index contributed by atoms with van der Waals surface area (Å²) < 4.78 is 1.87. The number of nitrogens with one attached hydrogen (secondary N) is 1. The zero-order valence-corrected chi connectivity index (χ0v) is 12.0. The minimum absolute atomic E-state index is 0.429. The summed E-state index contributed by atoms with van der Waals surface area (Å²) in [7, 11) is 0. The Labute approximate surface area is 112 Å². The number of anilines is 1. The number of thioether (sulfide) groups is 1. The topological polar surface area (TPSA) is 42.2 Å². The van der Waals surface area contributed by atoms with E-state index >= 15 is 0 Å². The first-order chi connectivity index (χ1) is 8.70. The Morgan fingerprint density at radius 1 is 1.50 bits per heavy atom. The molecule has 0 radical (unpaired) electrons. The maximum absolute atomic E-state index is 4.41. The van der Waals surface area contributed by atoms with Crippen molar-refractivity contribution in [1.82, 2.24) is 14.6 Å². The van der Waals surface area contributed by atoms with Crippen molar-refractivity contribution in [2.24, 2.45) is 0 Å². The zero-order valence-electron chi connectivity index (χ0n) is 11.2. The zero-order chi connectivity index (χ0) is 13.0. The van der Waals surface area contributed by atoms with Crippen LogP contribution in [-0.2, 0) is 0 Å². The molecule has 18 heavy (non-hydrogen) atoms. The Morgan fingerprint density at radius 2 is 2.33 bits per heavy atom. The Hall–Kier alpha value is -1.23. The highest BCUT2D eigenvalue weighted by atomic mass is 32.2. The van der Waals surface area contributed by atoms with Crippen molar-refractivity contribution in [2.75, 3.05) is 16.8 Å². The molecule has 0 saturated carbocycles. The number of aromatic nitrogens is 3. The molecule has 0 aromatic carbocycles. The molecular formula is C13H20N4S. The van der Waals surface area contributed by atoms with Crippen LogP contribution in [0.15, 0.2) is 18.5 Å². The average molecular weight is 264 g/mol. The maximum atomic E-state index is 4.41. The number of hydrogen-bond acceptors (Lipinski definition) is 4. The van der Waals surface area contributed by atoms with Crippen molar-refractivity contribution in [3.8, 4) is 0 Å². The molecule has 0 aliphatic carbocycles. The van der Waals surface area contributed by atoms with E-state index in [1.54, 1.807) is 6.20 Å². The van der Waals surface area contributed by atoms with E-state index in [4.69, 9.17) is 0 Å². The second kappa shape index (κ2) is 6.09. The molecule has 0 saturated heterocycles. The fourth-order valence-corrected chi connectivity index (χ4v) is 2.67. The van der Waals surface area contributed by atoms with Crippen molar-refractivity contribution < 1.29 is 0 Å². The standard InChI is InChI=1S/C13H20N4S/c1-4-18-8-5-10(2)15-13-12-9-11(3)16-17(12)7-6-14-13/h6-7,9-10H,4-5,8H2,1-3H3,(H,14,15). The fourth-order valence-electron chi connectivity index (χ4n) is 1.87. The van der Waals surface area contributed by atoms with E-state index in [0.717, 1.165) is 23.4 Å². The van der Waals surface area contributed by atoms with Crippen LogP contribution in [0.3, 0.4) is 0 Å². The Morgan fingerprint density at radius 3 is 3.11 bits per heavy atom. The van der Waals surface area contributed by atoms with Gasteiger partial charge in [0.15, 0.2) is 5.82 Å². The summed E-state index contributed by atoms with van der Waals surface area (Å²) in [4.78, 5) is 4.41. The Balaban J connectivity index is 2.06. The number of hydrogen-bond donors (Lipinski definition) is 1. The summed E-state index contributed by atoms with van der Waals surface area (Å²) in [5.74, 6) is 3.29. The van der Waals surface area contributed by atoms with Crippen molar-refractivity contribution in [3.05, 3.63) is 24.2 Å². The third kappa shape index (κ3) is 3.16. The minimum atomic E-state index is 0.429. The van der Waals surface area contributed by atoms with Gasteiger partial charge < -0.3 is 5.32 Å². The molecule has 1 atom stereocenters.